The van der Waals surface area contributed by atoms with Gasteiger partial charge in [-0.25, -0.2) is 5.84 Å². The highest BCUT2D eigenvalue weighted by molar-refractivity contribution is 5.78. The highest BCUT2D eigenvalue weighted by atomic mass is 16.5. The standard InChI is InChI=1S/C7H14N2O2/c1-5(7(10)9-8)6-3-2-4-11-6/h5-6H,2-4,8H2,1H3,(H,9,10). The van der Waals surface area contributed by atoms with Gasteiger partial charge < -0.3 is 4.74 Å². The molecule has 0 aliphatic carbocycles. The van der Waals surface area contributed by atoms with E-state index < -0.39 is 0 Å². The van der Waals surface area contributed by atoms with Gasteiger partial charge in [0.05, 0.1) is 12.0 Å². The number of ether oxygens (including phenoxy) is 1. The maximum absolute atomic E-state index is 11.0. The van der Waals surface area contributed by atoms with Gasteiger partial charge in [0.15, 0.2) is 0 Å². The molecule has 0 bridgehead atoms. The summed E-state index contributed by atoms with van der Waals surface area (Å²) < 4.78 is 5.32. The first kappa shape index (κ1) is 8.49. The monoisotopic (exact) mass is 158 g/mol. The molecular formula is C7H14N2O2. The molecule has 1 aliphatic heterocycles. The van der Waals surface area contributed by atoms with Gasteiger partial charge in [-0.1, -0.05) is 6.92 Å². The zero-order chi connectivity index (χ0) is 8.27. The quantitative estimate of drug-likeness (QED) is 0.332. The third-order valence-electron chi connectivity index (χ3n) is 2.08. The van der Waals surface area contributed by atoms with E-state index in [2.05, 4.69) is 5.43 Å². The third-order valence-corrected chi connectivity index (χ3v) is 2.08. The van der Waals surface area contributed by atoms with Crippen molar-refractivity contribution in [1.29, 1.82) is 0 Å². The minimum absolute atomic E-state index is 0.0681. The number of carbonyl (C=O) groups excluding carboxylic acids is 1. The summed E-state index contributed by atoms with van der Waals surface area (Å²) in [6.45, 7) is 2.60. The van der Waals surface area contributed by atoms with Crippen LogP contribution in [0.15, 0.2) is 0 Å². The molecule has 1 fully saturated rings. The molecule has 0 saturated carbocycles. The maximum atomic E-state index is 11.0. The highest BCUT2D eigenvalue weighted by Crippen LogP contribution is 2.19. The molecule has 0 radical (unpaired) electrons. The first-order chi connectivity index (χ1) is 5.25. The summed E-state index contributed by atoms with van der Waals surface area (Å²) in [5.41, 5.74) is 2.12. The van der Waals surface area contributed by atoms with Gasteiger partial charge in [-0.05, 0) is 12.8 Å². The van der Waals surface area contributed by atoms with Crippen LogP contribution in [0.25, 0.3) is 0 Å². The summed E-state index contributed by atoms with van der Waals surface area (Å²) in [5, 5.41) is 0. The van der Waals surface area contributed by atoms with E-state index in [0.717, 1.165) is 19.4 Å². The molecule has 2 atom stereocenters. The van der Waals surface area contributed by atoms with Crippen molar-refractivity contribution >= 4 is 5.91 Å². The second-order valence-electron chi connectivity index (χ2n) is 2.85. The lowest BCUT2D eigenvalue weighted by molar-refractivity contribution is -0.128. The Morgan fingerprint density at radius 1 is 1.82 bits per heavy atom. The number of nitrogens with two attached hydrogens (primary N) is 1. The average molecular weight is 158 g/mol. The topological polar surface area (TPSA) is 64.4 Å². The lowest BCUT2D eigenvalue weighted by atomic mass is 10.0. The number of nitrogens with one attached hydrogen (secondary N) is 1. The largest absolute Gasteiger partial charge is 0.377 e. The van der Waals surface area contributed by atoms with Gasteiger partial charge in [-0.15, -0.1) is 0 Å². The van der Waals surface area contributed by atoms with E-state index in [-0.39, 0.29) is 17.9 Å². The number of hydrogen-bond acceptors (Lipinski definition) is 3. The fraction of sp³-hybridized carbons (Fsp3) is 0.857. The lowest BCUT2D eigenvalue weighted by Gasteiger charge is -2.15. The van der Waals surface area contributed by atoms with Crippen LogP contribution in [0.4, 0.5) is 0 Å². The Labute approximate surface area is 66.1 Å². The molecule has 2 unspecified atom stereocenters. The molecule has 1 rings (SSSR count). The first-order valence-electron chi connectivity index (χ1n) is 3.87. The number of carbonyl (C=O) groups is 1. The van der Waals surface area contributed by atoms with Crippen molar-refractivity contribution in [3.63, 3.8) is 0 Å². The molecule has 11 heavy (non-hydrogen) atoms. The van der Waals surface area contributed by atoms with Crippen LogP contribution in [0.1, 0.15) is 19.8 Å². The predicted molar refractivity (Wildman–Crippen MR) is 40.5 cm³/mol. The van der Waals surface area contributed by atoms with Crippen LogP contribution in [-0.4, -0.2) is 18.6 Å². The van der Waals surface area contributed by atoms with E-state index >= 15 is 0 Å². The molecule has 0 aromatic rings. The molecule has 0 aromatic heterocycles. The number of hydrazine groups is 1. The molecule has 1 amide bonds. The number of amides is 1. The van der Waals surface area contributed by atoms with Crippen LogP contribution in [0, 0.1) is 5.92 Å². The summed E-state index contributed by atoms with van der Waals surface area (Å²) in [5.74, 6) is 4.72. The fourth-order valence-corrected chi connectivity index (χ4v) is 1.30. The van der Waals surface area contributed by atoms with E-state index in [1.165, 1.54) is 0 Å². The smallest absolute Gasteiger partial charge is 0.239 e. The molecule has 1 aliphatic rings. The zero-order valence-electron chi connectivity index (χ0n) is 6.67. The van der Waals surface area contributed by atoms with Gasteiger partial charge in [0.2, 0.25) is 5.91 Å². The van der Waals surface area contributed by atoms with E-state index in [4.69, 9.17) is 10.6 Å². The second kappa shape index (κ2) is 3.69. The minimum Gasteiger partial charge on any atom is -0.377 e. The summed E-state index contributed by atoms with van der Waals surface area (Å²) >= 11 is 0. The number of hydrogen-bond donors (Lipinski definition) is 2. The van der Waals surface area contributed by atoms with E-state index in [1.807, 2.05) is 6.92 Å². The first-order valence-corrected chi connectivity index (χ1v) is 3.87. The summed E-state index contributed by atoms with van der Waals surface area (Å²) in [6.07, 6.45) is 2.08. The molecule has 0 spiro atoms. The average Bonchev–Trinajstić information content (AvgIpc) is 2.53. The Morgan fingerprint density at radius 2 is 2.55 bits per heavy atom. The minimum atomic E-state index is -0.142. The van der Waals surface area contributed by atoms with Crippen molar-refractivity contribution in [1.82, 2.24) is 5.43 Å². The molecule has 0 aromatic carbocycles. The second-order valence-corrected chi connectivity index (χ2v) is 2.85. The Morgan fingerprint density at radius 3 is 3.00 bits per heavy atom. The Kier molecular flexibility index (Phi) is 2.84. The van der Waals surface area contributed by atoms with Crippen molar-refractivity contribution < 1.29 is 9.53 Å². The molecule has 4 heteroatoms. The summed E-state index contributed by atoms with van der Waals surface area (Å²) in [7, 11) is 0. The van der Waals surface area contributed by atoms with Gasteiger partial charge in [-0.2, -0.15) is 0 Å². The Balaban J connectivity index is 2.39. The van der Waals surface area contributed by atoms with Crippen LogP contribution in [-0.2, 0) is 9.53 Å². The van der Waals surface area contributed by atoms with E-state index in [0.29, 0.717) is 0 Å². The van der Waals surface area contributed by atoms with Gasteiger partial charge in [-0.3, -0.25) is 10.2 Å². The van der Waals surface area contributed by atoms with Gasteiger partial charge in [0.25, 0.3) is 0 Å². The van der Waals surface area contributed by atoms with Crippen molar-refractivity contribution in [3.8, 4) is 0 Å². The molecular weight excluding hydrogens is 144 g/mol. The van der Waals surface area contributed by atoms with Crippen LogP contribution in [0.3, 0.4) is 0 Å². The Hall–Kier alpha value is -0.610. The molecule has 1 saturated heterocycles. The number of rotatable bonds is 2. The van der Waals surface area contributed by atoms with Gasteiger partial charge in [0, 0.05) is 6.61 Å². The summed E-state index contributed by atoms with van der Waals surface area (Å²) in [6, 6.07) is 0. The van der Waals surface area contributed by atoms with Gasteiger partial charge in [0.1, 0.15) is 0 Å². The zero-order valence-corrected chi connectivity index (χ0v) is 6.67. The SMILES string of the molecule is CC(C(=O)NN)C1CCCO1. The molecule has 4 nitrogen and oxygen atoms in total. The van der Waals surface area contributed by atoms with E-state index in [1.54, 1.807) is 0 Å². The fourth-order valence-electron chi connectivity index (χ4n) is 1.30. The molecule has 1 heterocycles. The molecule has 64 valence electrons. The van der Waals surface area contributed by atoms with Crippen molar-refractivity contribution in [2.75, 3.05) is 6.61 Å². The van der Waals surface area contributed by atoms with Crippen LogP contribution in [0.2, 0.25) is 0 Å². The van der Waals surface area contributed by atoms with Crippen molar-refractivity contribution in [2.45, 2.75) is 25.9 Å². The van der Waals surface area contributed by atoms with Crippen LogP contribution in [0.5, 0.6) is 0 Å². The van der Waals surface area contributed by atoms with Gasteiger partial charge >= 0.3 is 0 Å². The summed E-state index contributed by atoms with van der Waals surface area (Å²) in [4.78, 5) is 11.0. The lowest BCUT2D eigenvalue weighted by Crippen LogP contribution is -2.39. The normalized spacial score (nSPS) is 26.5. The van der Waals surface area contributed by atoms with E-state index in [9.17, 15) is 4.79 Å². The van der Waals surface area contributed by atoms with Crippen molar-refractivity contribution in [2.24, 2.45) is 11.8 Å². The predicted octanol–water partition coefficient (Wildman–Crippen LogP) is -0.209. The third kappa shape index (κ3) is 1.91. The van der Waals surface area contributed by atoms with Crippen LogP contribution < -0.4 is 11.3 Å². The molecule has 3 N–H and O–H groups in total. The maximum Gasteiger partial charge on any atom is 0.239 e. The highest BCUT2D eigenvalue weighted by Gasteiger charge is 2.26. The van der Waals surface area contributed by atoms with Crippen LogP contribution >= 0.6 is 0 Å². The van der Waals surface area contributed by atoms with Crippen molar-refractivity contribution in [3.05, 3.63) is 0 Å². The Bertz CT molecular complexity index is 143.